The van der Waals surface area contributed by atoms with Gasteiger partial charge in [0.1, 0.15) is 5.01 Å². The van der Waals surface area contributed by atoms with Gasteiger partial charge in [-0.05, 0) is 18.6 Å². The Hall–Kier alpha value is -2.12. The van der Waals surface area contributed by atoms with E-state index >= 15 is 0 Å². The number of rotatable bonds is 5. The Morgan fingerprint density at radius 1 is 1.38 bits per heavy atom. The number of nitrogens with two attached hydrogens (primary N) is 1. The zero-order chi connectivity index (χ0) is 14.7. The van der Waals surface area contributed by atoms with Crippen LogP contribution < -0.4 is 5.73 Å². The van der Waals surface area contributed by atoms with Crippen molar-refractivity contribution in [1.82, 2.24) is 25.0 Å². The quantitative estimate of drug-likeness (QED) is 0.781. The summed E-state index contributed by atoms with van der Waals surface area (Å²) < 4.78 is 1.77. The summed E-state index contributed by atoms with van der Waals surface area (Å²) in [6.45, 7) is 2.62. The number of pyridine rings is 1. The average Bonchev–Trinajstić information content (AvgIpc) is 3.17. The van der Waals surface area contributed by atoms with Crippen LogP contribution in [0.15, 0.2) is 36.0 Å². The van der Waals surface area contributed by atoms with Crippen LogP contribution >= 0.6 is 11.3 Å². The maximum atomic E-state index is 5.94. The Morgan fingerprint density at radius 3 is 3.05 bits per heavy atom. The van der Waals surface area contributed by atoms with E-state index in [-0.39, 0.29) is 6.04 Å². The summed E-state index contributed by atoms with van der Waals surface area (Å²) in [4.78, 5) is 8.89. The molecule has 0 bridgehead atoms. The molecular weight excluding hydrogens is 284 g/mol. The molecule has 108 valence electrons. The van der Waals surface area contributed by atoms with Gasteiger partial charge in [0.05, 0.1) is 35.9 Å². The van der Waals surface area contributed by atoms with E-state index in [4.69, 9.17) is 5.73 Å². The van der Waals surface area contributed by atoms with Crippen molar-refractivity contribution in [2.24, 2.45) is 5.73 Å². The Balaban J connectivity index is 1.74. The molecule has 0 aliphatic rings. The smallest absolute Gasteiger partial charge is 0.142 e. The van der Waals surface area contributed by atoms with E-state index in [1.807, 2.05) is 36.7 Å². The predicted octanol–water partition coefficient (Wildman–Crippen LogP) is 2.25. The molecule has 3 heterocycles. The highest BCUT2D eigenvalue weighted by atomic mass is 32.1. The van der Waals surface area contributed by atoms with Crippen LogP contribution in [0, 0.1) is 0 Å². The van der Waals surface area contributed by atoms with Crippen LogP contribution in [0.5, 0.6) is 0 Å². The fourth-order valence-electron chi connectivity index (χ4n) is 1.92. The molecule has 3 rings (SSSR count). The molecular formula is C14H16N6S. The van der Waals surface area contributed by atoms with Crippen LogP contribution in [0.4, 0.5) is 0 Å². The van der Waals surface area contributed by atoms with Gasteiger partial charge in [-0.1, -0.05) is 18.2 Å². The molecule has 0 radical (unpaired) electrons. The molecule has 7 heteroatoms. The molecule has 1 atom stereocenters. The molecule has 0 spiro atoms. The van der Waals surface area contributed by atoms with Gasteiger partial charge in [0.25, 0.3) is 0 Å². The predicted molar refractivity (Wildman–Crippen MR) is 81.7 cm³/mol. The third-order valence-electron chi connectivity index (χ3n) is 3.14. The summed E-state index contributed by atoms with van der Waals surface area (Å²) >= 11 is 1.58. The number of hydrogen-bond acceptors (Lipinski definition) is 6. The van der Waals surface area contributed by atoms with Crippen molar-refractivity contribution in [2.75, 3.05) is 0 Å². The summed E-state index contributed by atoms with van der Waals surface area (Å²) in [5.74, 6) is 0. The number of nitrogens with zero attached hydrogens (tertiary/aromatic N) is 5. The lowest BCUT2D eigenvalue weighted by molar-refractivity contribution is 0.637. The number of aromatic nitrogens is 5. The second-order valence-corrected chi connectivity index (χ2v) is 5.57. The summed E-state index contributed by atoms with van der Waals surface area (Å²) in [5.41, 5.74) is 8.60. The Labute approximate surface area is 126 Å². The molecule has 0 aliphatic heterocycles. The van der Waals surface area contributed by atoms with Gasteiger partial charge in [0, 0.05) is 11.6 Å². The zero-order valence-corrected chi connectivity index (χ0v) is 12.5. The molecule has 6 nitrogen and oxygen atoms in total. The first-order valence-corrected chi connectivity index (χ1v) is 7.65. The fraction of sp³-hybridized carbons (Fsp3) is 0.286. The molecule has 0 fully saturated rings. The van der Waals surface area contributed by atoms with E-state index in [2.05, 4.69) is 20.3 Å². The van der Waals surface area contributed by atoms with Crippen molar-refractivity contribution >= 4 is 11.3 Å². The topological polar surface area (TPSA) is 82.5 Å². The molecule has 0 saturated carbocycles. The minimum absolute atomic E-state index is 0.0572. The standard InChI is InChI=1S/C14H16N6S/c1-2-11(15)13-8-20(19-18-13)7-10-9-21-14(17-10)12-5-3-4-6-16-12/h3-6,8-9,11H,2,7,15H2,1H3. The Kier molecular flexibility index (Phi) is 4.03. The van der Waals surface area contributed by atoms with Gasteiger partial charge in [0.15, 0.2) is 0 Å². The lowest BCUT2D eigenvalue weighted by Gasteiger charge is -2.01. The van der Waals surface area contributed by atoms with E-state index < -0.39 is 0 Å². The molecule has 0 aromatic carbocycles. The summed E-state index contributed by atoms with van der Waals surface area (Å²) in [5, 5.41) is 11.1. The van der Waals surface area contributed by atoms with Gasteiger partial charge < -0.3 is 5.73 Å². The first kappa shape index (κ1) is 13.8. The lowest BCUT2D eigenvalue weighted by atomic mass is 10.2. The summed E-state index contributed by atoms with van der Waals surface area (Å²) in [6, 6.07) is 5.75. The van der Waals surface area contributed by atoms with Crippen molar-refractivity contribution in [1.29, 1.82) is 0 Å². The van der Waals surface area contributed by atoms with Crippen LogP contribution in [0.1, 0.15) is 30.8 Å². The van der Waals surface area contributed by atoms with Crippen molar-refractivity contribution in [2.45, 2.75) is 25.9 Å². The van der Waals surface area contributed by atoms with Gasteiger partial charge >= 0.3 is 0 Å². The van der Waals surface area contributed by atoms with Crippen LogP contribution in [0.25, 0.3) is 10.7 Å². The number of thiazole rings is 1. The van der Waals surface area contributed by atoms with Gasteiger partial charge in [-0.15, -0.1) is 16.4 Å². The van der Waals surface area contributed by atoms with E-state index in [1.165, 1.54) is 0 Å². The van der Waals surface area contributed by atoms with Gasteiger partial charge in [-0.2, -0.15) is 0 Å². The third kappa shape index (κ3) is 3.14. The zero-order valence-electron chi connectivity index (χ0n) is 11.7. The highest BCUT2D eigenvalue weighted by Crippen LogP contribution is 2.21. The molecule has 3 aromatic rings. The normalized spacial score (nSPS) is 12.5. The monoisotopic (exact) mass is 300 g/mol. The molecule has 0 aliphatic carbocycles. The van der Waals surface area contributed by atoms with Crippen LogP contribution in [0.3, 0.4) is 0 Å². The second kappa shape index (κ2) is 6.11. The largest absolute Gasteiger partial charge is 0.323 e. The van der Waals surface area contributed by atoms with Crippen LogP contribution in [0.2, 0.25) is 0 Å². The first-order chi connectivity index (χ1) is 10.3. The Morgan fingerprint density at radius 2 is 2.29 bits per heavy atom. The van der Waals surface area contributed by atoms with Gasteiger partial charge in [0.2, 0.25) is 0 Å². The van der Waals surface area contributed by atoms with E-state index in [1.54, 1.807) is 22.2 Å². The third-order valence-corrected chi connectivity index (χ3v) is 4.05. The van der Waals surface area contributed by atoms with E-state index in [0.717, 1.165) is 28.5 Å². The molecule has 0 amide bonds. The van der Waals surface area contributed by atoms with Crippen molar-refractivity contribution < 1.29 is 0 Å². The van der Waals surface area contributed by atoms with Gasteiger partial charge in [-0.25, -0.2) is 9.67 Å². The van der Waals surface area contributed by atoms with E-state index in [0.29, 0.717) is 6.54 Å². The first-order valence-electron chi connectivity index (χ1n) is 6.77. The van der Waals surface area contributed by atoms with Crippen molar-refractivity contribution in [3.8, 4) is 10.7 Å². The fourth-order valence-corrected chi connectivity index (χ4v) is 2.71. The molecule has 21 heavy (non-hydrogen) atoms. The maximum Gasteiger partial charge on any atom is 0.142 e. The highest BCUT2D eigenvalue weighted by molar-refractivity contribution is 7.13. The molecule has 1 unspecified atom stereocenters. The average molecular weight is 300 g/mol. The lowest BCUT2D eigenvalue weighted by Crippen LogP contribution is -2.08. The minimum atomic E-state index is -0.0572. The summed E-state index contributed by atoms with van der Waals surface area (Å²) in [7, 11) is 0. The van der Waals surface area contributed by atoms with Gasteiger partial charge in [-0.3, -0.25) is 4.98 Å². The molecule has 0 saturated heterocycles. The van der Waals surface area contributed by atoms with Crippen LogP contribution in [-0.2, 0) is 6.54 Å². The minimum Gasteiger partial charge on any atom is -0.323 e. The maximum absolute atomic E-state index is 5.94. The highest BCUT2D eigenvalue weighted by Gasteiger charge is 2.10. The Bertz CT molecular complexity index is 705. The second-order valence-electron chi connectivity index (χ2n) is 4.71. The summed E-state index contributed by atoms with van der Waals surface area (Å²) in [6.07, 6.45) is 4.50. The SMILES string of the molecule is CCC(N)c1cn(Cc2csc(-c3ccccn3)n2)nn1. The van der Waals surface area contributed by atoms with Crippen LogP contribution in [-0.4, -0.2) is 25.0 Å². The molecule has 3 aromatic heterocycles. The van der Waals surface area contributed by atoms with E-state index in [9.17, 15) is 0 Å². The number of hydrogen-bond donors (Lipinski definition) is 1. The van der Waals surface area contributed by atoms with Crippen molar-refractivity contribution in [3.05, 3.63) is 47.4 Å². The molecule has 2 N–H and O–H groups in total. The van der Waals surface area contributed by atoms with Crippen molar-refractivity contribution in [3.63, 3.8) is 0 Å².